The Labute approximate surface area is 143 Å². The topological polar surface area (TPSA) is 73.2 Å². The van der Waals surface area contributed by atoms with E-state index < -0.39 is 30.5 Å². The number of benzene rings is 1. The number of anilines is 1. The normalized spacial score (nSPS) is 11.3. The highest BCUT2D eigenvalue weighted by atomic mass is 19.3. The molecule has 1 N–H and O–H groups in total. The highest BCUT2D eigenvalue weighted by molar-refractivity contribution is 5.87. The molecule has 0 saturated carbocycles. The van der Waals surface area contributed by atoms with E-state index >= 15 is 0 Å². The Kier molecular flexibility index (Phi) is 6.35. The van der Waals surface area contributed by atoms with Crippen molar-refractivity contribution in [1.82, 2.24) is 9.55 Å². The SMILES string of the molecule is CC(=O)Nc1ccn(CC(F)(F)CCOCc2ccccc2)c(=O)n1. The van der Waals surface area contributed by atoms with Crippen molar-refractivity contribution in [3.05, 3.63) is 58.6 Å². The van der Waals surface area contributed by atoms with E-state index in [9.17, 15) is 18.4 Å². The van der Waals surface area contributed by atoms with Gasteiger partial charge in [-0.1, -0.05) is 30.3 Å². The summed E-state index contributed by atoms with van der Waals surface area (Å²) in [5, 5.41) is 2.32. The van der Waals surface area contributed by atoms with Gasteiger partial charge in [-0.25, -0.2) is 13.6 Å². The van der Waals surface area contributed by atoms with Gasteiger partial charge in [0.2, 0.25) is 5.91 Å². The summed E-state index contributed by atoms with van der Waals surface area (Å²) in [5.74, 6) is -3.48. The first-order chi connectivity index (χ1) is 11.9. The fraction of sp³-hybridized carbons (Fsp3) is 0.353. The molecule has 1 heterocycles. The van der Waals surface area contributed by atoms with Crippen molar-refractivity contribution in [3.63, 3.8) is 0 Å². The summed E-state index contributed by atoms with van der Waals surface area (Å²) in [7, 11) is 0. The minimum absolute atomic E-state index is 0.0308. The molecule has 0 aliphatic carbocycles. The number of nitrogens with one attached hydrogen (secondary N) is 1. The Morgan fingerprint density at radius 3 is 2.64 bits per heavy atom. The van der Waals surface area contributed by atoms with E-state index in [4.69, 9.17) is 4.74 Å². The van der Waals surface area contributed by atoms with Gasteiger partial charge < -0.3 is 10.1 Å². The van der Waals surface area contributed by atoms with Crippen molar-refractivity contribution >= 4 is 11.7 Å². The van der Waals surface area contributed by atoms with Crippen LogP contribution in [0.5, 0.6) is 0 Å². The quantitative estimate of drug-likeness (QED) is 0.742. The van der Waals surface area contributed by atoms with E-state index in [2.05, 4.69) is 10.3 Å². The van der Waals surface area contributed by atoms with Gasteiger partial charge in [0, 0.05) is 19.5 Å². The molecule has 0 aliphatic heterocycles. The Balaban J connectivity index is 1.85. The van der Waals surface area contributed by atoms with Crippen LogP contribution in [0.4, 0.5) is 14.6 Å². The molecule has 6 nitrogen and oxygen atoms in total. The summed E-state index contributed by atoms with van der Waals surface area (Å²) in [6.45, 7) is 0.586. The molecule has 0 bridgehead atoms. The number of alkyl halides is 2. The number of carbonyl (C=O) groups excluding carboxylic acids is 1. The molecular formula is C17H19F2N3O3. The van der Waals surface area contributed by atoms with Crippen LogP contribution < -0.4 is 11.0 Å². The van der Waals surface area contributed by atoms with Crippen molar-refractivity contribution in [1.29, 1.82) is 0 Å². The van der Waals surface area contributed by atoms with Gasteiger partial charge in [-0.05, 0) is 11.6 Å². The zero-order valence-electron chi connectivity index (χ0n) is 13.7. The molecule has 134 valence electrons. The molecule has 0 radical (unpaired) electrons. The number of carbonyl (C=O) groups is 1. The third-order valence-electron chi connectivity index (χ3n) is 3.30. The lowest BCUT2D eigenvalue weighted by atomic mass is 10.2. The molecular weight excluding hydrogens is 332 g/mol. The molecule has 2 aromatic rings. The van der Waals surface area contributed by atoms with Crippen LogP contribution in [0.3, 0.4) is 0 Å². The number of hydrogen-bond acceptors (Lipinski definition) is 4. The first-order valence-electron chi connectivity index (χ1n) is 7.70. The summed E-state index contributed by atoms with van der Waals surface area (Å²) < 4.78 is 34.0. The van der Waals surface area contributed by atoms with E-state index in [-0.39, 0.29) is 19.0 Å². The van der Waals surface area contributed by atoms with Gasteiger partial charge in [-0.15, -0.1) is 0 Å². The predicted octanol–water partition coefficient (Wildman–Crippen LogP) is 2.44. The standard InChI is InChI=1S/C17H19F2N3O3/c1-13(23)20-15-7-9-22(16(24)21-15)12-17(18,19)8-10-25-11-14-5-3-2-4-6-14/h2-7,9H,8,10-12H2,1H3,(H,20,21,23,24). The van der Waals surface area contributed by atoms with Crippen LogP contribution in [0.2, 0.25) is 0 Å². The molecule has 0 aliphatic rings. The Hall–Kier alpha value is -2.61. The summed E-state index contributed by atoms with van der Waals surface area (Å²) in [4.78, 5) is 26.2. The van der Waals surface area contributed by atoms with Crippen LogP contribution in [-0.2, 0) is 22.7 Å². The largest absolute Gasteiger partial charge is 0.377 e. The maximum Gasteiger partial charge on any atom is 0.349 e. The summed E-state index contributed by atoms with van der Waals surface area (Å²) in [5.41, 5.74) is 0.0518. The van der Waals surface area contributed by atoms with Crippen molar-refractivity contribution in [2.45, 2.75) is 32.4 Å². The number of halogens is 2. The average Bonchev–Trinajstić information content (AvgIpc) is 2.55. The maximum absolute atomic E-state index is 14.0. The molecule has 8 heteroatoms. The molecule has 0 spiro atoms. The minimum Gasteiger partial charge on any atom is -0.377 e. The molecule has 0 fully saturated rings. The molecule has 1 aromatic carbocycles. The lowest BCUT2D eigenvalue weighted by molar-refractivity contribution is -0.114. The van der Waals surface area contributed by atoms with E-state index in [1.165, 1.54) is 19.2 Å². The fourth-order valence-electron chi connectivity index (χ4n) is 2.11. The molecule has 1 amide bonds. The summed E-state index contributed by atoms with van der Waals surface area (Å²) in [6, 6.07) is 10.5. The number of rotatable bonds is 8. The third kappa shape index (κ3) is 6.42. The summed E-state index contributed by atoms with van der Waals surface area (Å²) in [6.07, 6.45) is 0.666. The third-order valence-corrected chi connectivity index (χ3v) is 3.30. The minimum atomic E-state index is -3.11. The maximum atomic E-state index is 14.0. The number of ether oxygens (including phenoxy) is 1. The van der Waals surface area contributed by atoms with Crippen molar-refractivity contribution in [3.8, 4) is 0 Å². The van der Waals surface area contributed by atoms with Crippen LogP contribution in [-0.4, -0.2) is 28.0 Å². The first-order valence-corrected chi connectivity index (χ1v) is 7.70. The second-order valence-electron chi connectivity index (χ2n) is 5.55. The second-order valence-corrected chi connectivity index (χ2v) is 5.55. The molecule has 0 unspecified atom stereocenters. The molecule has 1 aromatic heterocycles. The van der Waals surface area contributed by atoms with Crippen molar-refractivity contribution in [2.24, 2.45) is 0 Å². The number of amides is 1. The van der Waals surface area contributed by atoms with E-state index in [1.54, 1.807) is 0 Å². The van der Waals surface area contributed by atoms with Crippen LogP contribution in [0.15, 0.2) is 47.4 Å². The van der Waals surface area contributed by atoms with E-state index in [1.807, 2.05) is 30.3 Å². The highest BCUT2D eigenvalue weighted by Gasteiger charge is 2.29. The van der Waals surface area contributed by atoms with Gasteiger partial charge >= 0.3 is 5.69 Å². The lowest BCUT2D eigenvalue weighted by Crippen LogP contribution is -2.33. The van der Waals surface area contributed by atoms with Gasteiger partial charge in [-0.2, -0.15) is 4.98 Å². The Bertz CT molecular complexity index is 763. The van der Waals surface area contributed by atoms with Crippen molar-refractivity contribution < 1.29 is 18.3 Å². The average molecular weight is 351 g/mol. The fourth-order valence-corrected chi connectivity index (χ4v) is 2.11. The van der Waals surface area contributed by atoms with E-state index in [0.717, 1.165) is 10.1 Å². The van der Waals surface area contributed by atoms with Gasteiger partial charge in [0.1, 0.15) is 5.82 Å². The number of hydrogen-bond donors (Lipinski definition) is 1. The van der Waals surface area contributed by atoms with Gasteiger partial charge in [0.25, 0.3) is 5.92 Å². The van der Waals surface area contributed by atoms with Crippen LogP contribution >= 0.6 is 0 Å². The number of nitrogens with zero attached hydrogens (tertiary/aromatic N) is 2. The van der Waals surface area contributed by atoms with Gasteiger partial charge in [0.05, 0.1) is 19.8 Å². The van der Waals surface area contributed by atoms with Gasteiger partial charge in [0.15, 0.2) is 0 Å². The zero-order valence-corrected chi connectivity index (χ0v) is 13.7. The summed E-state index contributed by atoms with van der Waals surface area (Å²) >= 11 is 0. The van der Waals surface area contributed by atoms with Crippen molar-refractivity contribution in [2.75, 3.05) is 11.9 Å². The molecule has 0 atom stereocenters. The van der Waals surface area contributed by atoms with Gasteiger partial charge in [-0.3, -0.25) is 9.36 Å². The molecule has 25 heavy (non-hydrogen) atoms. The van der Waals surface area contributed by atoms with E-state index in [0.29, 0.717) is 0 Å². The monoisotopic (exact) mass is 351 g/mol. The number of aromatic nitrogens is 2. The zero-order chi connectivity index (χ0) is 18.3. The van der Waals surface area contributed by atoms with Crippen LogP contribution in [0, 0.1) is 0 Å². The highest BCUT2D eigenvalue weighted by Crippen LogP contribution is 2.20. The van der Waals surface area contributed by atoms with Crippen LogP contribution in [0.1, 0.15) is 18.9 Å². The lowest BCUT2D eigenvalue weighted by Gasteiger charge is -2.17. The predicted molar refractivity (Wildman–Crippen MR) is 88.5 cm³/mol. The second kappa shape index (κ2) is 8.48. The molecule has 2 rings (SSSR count). The smallest absolute Gasteiger partial charge is 0.349 e. The molecule has 0 saturated heterocycles. The van der Waals surface area contributed by atoms with Crippen LogP contribution in [0.25, 0.3) is 0 Å². The Morgan fingerprint density at radius 2 is 2.00 bits per heavy atom. The Morgan fingerprint density at radius 1 is 1.28 bits per heavy atom. The first kappa shape index (κ1) is 18.7.